The maximum atomic E-state index is 12.0. The van der Waals surface area contributed by atoms with E-state index in [0.717, 1.165) is 5.56 Å². The van der Waals surface area contributed by atoms with E-state index < -0.39 is 0 Å². The third kappa shape index (κ3) is 4.88. The van der Waals surface area contributed by atoms with Gasteiger partial charge in [0, 0.05) is 11.6 Å². The van der Waals surface area contributed by atoms with Gasteiger partial charge in [0.15, 0.2) is 5.82 Å². The number of aromatic nitrogens is 3. The van der Waals surface area contributed by atoms with Crippen molar-refractivity contribution in [2.24, 2.45) is 5.92 Å². The van der Waals surface area contributed by atoms with Gasteiger partial charge in [-0.3, -0.25) is 9.89 Å². The molecule has 1 heterocycles. The lowest BCUT2D eigenvalue weighted by Crippen LogP contribution is -2.33. The van der Waals surface area contributed by atoms with Crippen LogP contribution in [0.5, 0.6) is 5.75 Å². The summed E-state index contributed by atoms with van der Waals surface area (Å²) in [6.45, 7) is 6.59. The van der Waals surface area contributed by atoms with Crippen LogP contribution in [0.1, 0.15) is 20.8 Å². The number of ether oxygens (including phenoxy) is 1. The molecule has 8 heteroatoms. The number of methoxy groups -OCH3 is 1. The first-order chi connectivity index (χ1) is 11.4. The minimum atomic E-state index is -0.284. The normalized spacial score (nSPS) is 12.2. The number of hydrogen-bond acceptors (Lipinski definition) is 5. The summed E-state index contributed by atoms with van der Waals surface area (Å²) in [5, 5.41) is 10.7. The van der Waals surface area contributed by atoms with Crippen molar-refractivity contribution in [1.29, 1.82) is 0 Å². The van der Waals surface area contributed by atoms with Gasteiger partial charge in [-0.2, -0.15) is 0 Å². The molecule has 1 amide bonds. The minimum absolute atomic E-state index is 0.0274. The molecule has 130 valence electrons. The number of H-pyrrole nitrogens is 1. The number of hydrogen-bond donors (Lipinski definition) is 2. The maximum Gasteiger partial charge on any atom is 0.233 e. The SMILES string of the molecule is COc1ccc(Cl)cc1-c1nc(S[C@H](C)C(=O)NCC(C)C)n[nH]1. The molecule has 1 aromatic carbocycles. The molecule has 0 aliphatic heterocycles. The van der Waals surface area contributed by atoms with E-state index in [1.54, 1.807) is 25.3 Å². The summed E-state index contributed by atoms with van der Waals surface area (Å²) in [6.07, 6.45) is 0. The molecule has 0 aliphatic carbocycles. The summed E-state index contributed by atoms with van der Waals surface area (Å²) < 4.78 is 5.32. The largest absolute Gasteiger partial charge is 0.496 e. The van der Waals surface area contributed by atoms with Gasteiger partial charge in [0.05, 0.1) is 17.9 Å². The Morgan fingerprint density at radius 3 is 2.83 bits per heavy atom. The molecule has 0 saturated carbocycles. The van der Waals surface area contributed by atoms with Crippen LogP contribution in [0.3, 0.4) is 0 Å². The van der Waals surface area contributed by atoms with Crippen LogP contribution in [0.15, 0.2) is 23.4 Å². The smallest absolute Gasteiger partial charge is 0.233 e. The van der Waals surface area contributed by atoms with Crippen molar-refractivity contribution in [3.05, 3.63) is 23.2 Å². The lowest BCUT2D eigenvalue weighted by atomic mass is 10.2. The number of rotatable bonds is 7. The minimum Gasteiger partial charge on any atom is -0.496 e. The lowest BCUT2D eigenvalue weighted by molar-refractivity contribution is -0.120. The van der Waals surface area contributed by atoms with Gasteiger partial charge in [-0.25, -0.2) is 4.98 Å². The van der Waals surface area contributed by atoms with Crippen LogP contribution in [0.4, 0.5) is 0 Å². The summed E-state index contributed by atoms with van der Waals surface area (Å²) in [5.74, 6) is 1.58. The lowest BCUT2D eigenvalue weighted by Gasteiger charge is -2.11. The third-order valence-electron chi connectivity index (χ3n) is 3.22. The average Bonchev–Trinajstić information content (AvgIpc) is 3.00. The Kier molecular flexibility index (Phi) is 6.51. The van der Waals surface area contributed by atoms with Gasteiger partial charge < -0.3 is 10.1 Å². The van der Waals surface area contributed by atoms with Crippen molar-refractivity contribution < 1.29 is 9.53 Å². The zero-order valence-electron chi connectivity index (χ0n) is 14.1. The van der Waals surface area contributed by atoms with Gasteiger partial charge in [0.2, 0.25) is 11.1 Å². The molecule has 24 heavy (non-hydrogen) atoms. The predicted octanol–water partition coefficient (Wildman–Crippen LogP) is 3.39. The Bertz CT molecular complexity index is 705. The predicted molar refractivity (Wildman–Crippen MR) is 96.5 cm³/mol. The molecule has 2 aromatic rings. The van der Waals surface area contributed by atoms with Crippen LogP contribution in [-0.2, 0) is 4.79 Å². The van der Waals surface area contributed by atoms with Crippen LogP contribution in [0, 0.1) is 5.92 Å². The van der Waals surface area contributed by atoms with Gasteiger partial charge in [-0.1, -0.05) is 37.2 Å². The highest BCUT2D eigenvalue weighted by Crippen LogP contribution is 2.31. The molecule has 0 aliphatic rings. The molecule has 6 nitrogen and oxygen atoms in total. The quantitative estimate of drug-likeness (QED) is 0.732. The number of aromatic amines is 1. The van der Waals surface area contributed by atoms with Crippen LogP contribution in [0.2, 0.25) is 5.02 Å². The molecule has 0 radical (unpaired) electrons. The first kappa shape index (κ1) is 18.6. The Morgan fingerprint density at radius 1 is 1.42 bits per heavy atom. The first-order valence-corrected chi connectivity index (χ1v) is 8.87. The van der Waals surface area contributed by atoms with E-state index >= 15 is 0 Å². The molecular formula is C16H21ClN4O2S. The molecule has 1 atom stereocenters. The number of nitrogens with zero attached hydrogens (tertiary/aromatic N) is 2. The van der Waals surface area contributed by atoms with Crippen molar-refractivity contribution in [1.82, 2.24) is 20.5 Å². The molecule has 2 rings (SSSR count). The Morgan fingerprint density at radius 2 is 2.17 bits per heavy atom. The van der Waals surface area contributed by atoms with E-state index in [-0.39, 0.29) is 11.2 Å². The maximum absolute atomic E-state index is 12.0. The topological polar surface area (TPSA) is 79.9 Å². The summed E-state index contributed by atoms with van der Waals surface area (Å²) in [4.78, 5) is 16.5. The number of thioether (sulfide) groups is 1. The van der Waals surface area contributed by atoms with Gasteiger partial charge in [-0.05, 0) is 31.0 Å². The number of benzene rings is 1. The first-order valence-electron chi connectivity index (χ1n) is 7.61. The average molecular weight is 369 g/mol. The highest BCUT2D eigenvalue weighted by atomic mass is 35.5. The molecular weight excluding hydrogens is 348 g/mol. The van der Waals surface area contributed by atoms with E-state index in [1.807, 2.05) is 6.92 Å². The van der Waals surface area contributed by atoms with Crippen LogP contribution >= 0.6 is 23.4 Å². The summed E-state index contributed by atoms with van der Waals surface area (Å²) in [7, 11) is 1.58. The van der Waals surface area contributed by atoms with E-state index in [2.05, 4.69) is 34.3 Å². The highest BCUT2D eigenvalue weighted by Gasteiger charge is 2.18. The van der Waals surface area contributed by atoms with Crippen molar-refractivity contribution in [2.75, 3.05) is 13.7 Å². The Hall–Kier alpha value is -1.73. The van der Waals surface area contributed by atoms with Crippen molar-refractivity contribution in [3.63, 3.8) is 0 Å². The van der Waals surface area contributed by atoms with Gasteiger partial charge in [0.25, 0.3) is 0 Å². The number of halogens is 1. The fraction of sp³-hybridized carbons (Fsp3) is 0.438. The second-order valence-corrected chi connectivity index (χ2v) is 7.45. The van der Waals surface area contributed by atoms with Crippen molar-refractivity contribution in [3.8, 4) is 17.1 Å². The van der Waals surface area contributed by atoms with E-state index in [9.17, 15) is 4.79 Å². The number of amides is 1. The summed E-state index contributed by atoms with van der Waals surface area (Å²) in [5.41, 5.74) is 0.723. The Balaban J connectivity index is 2.08. The molecule has 2 N–H and O–H groups in total. The molecule has 0 spiro atoms. The van der Waals surface area contributed by atoms with Crippen LogP contribution in [-0.4, -0.2) is 40.0 Å². The van der Waals surface area contributed by atoms with Gasteiger partial charge >= 0.3 is 0 Å². The molecule has 0 fully saturated rings. The fourth-order valence-corrected chi connectivity index (χ4v) is 2.87. The van der Waals surface area contributed by atoms with E-state index in [4.69, 9.17) is 16.3 Å². The van der Waals surface area contributed by atoms with Crippen molar-refractivity contribution >= 4 is 29.3 Å². The zero-order valence-corrected chi connectivity index (χ0v) is 15.7. The second-order valence-electron chi connectivity index (χ2n) is 5.71. The Labute approximate surface area is 150 Å². The van der Waals surface area contributed by atoms with Crippen molar-refractivity contribution in [2.45, 2.75) is 31.2 Å². The van der Waals surface area contributed by atoms with Crippen LogP contribution < -0.4 is 10.1 Å². The molecule has 1 aromatic heterocycles. The standard InChI is InChI=1S/C16H21ClN4O2S/c1-9(2)8-18-15(22)10(3)24-16-19-14(20-21-16)12-7-11(17)5-6-13(12)23-4/h5-7,9-10H,8H2,1-4H3,(H,18,22)(H,19,20,21)/t10-/m1/s1. The summed E-state index contributed by atoms with van der Waals surface area (Å²) in [6, 6.07) is 5.28. The van der Waals surface area contributed by atoms with Gasteiger partial charge in [-0.15, -0.1) is 5.10 Å². The molecule has 0 bridgehead atoms. The number of carbonyl (C=O) groups is 1. The fourth-order valence-electron chi connectivity index (χ4n) is 1.94. The second kappa shape index (κ2) is 8.39. The third-order valence-corrected chi connectivity index (χ3v) is 4.41. The number of carbonyl (C=O) groups excluding carboxylic acids is 1. The highest BCUT2D eigenvalue weighted by molar-refractivity contribution is 8.00. The van der Waals surface area contributed by atoms with E-state index in [0.29, 0.717) is 34.2 Å². The zero-order chi connectivity index (χ0) is 17.7. The number of nitrogens with one attached hydrogen (secondary N) is 2. The summed E-state index contributed by atoms with van der Waals surface area (Å²) >= 11 is 7.34. The van der Waals surface area contributed by atoms with E-state index in [1.165, 1.54) is 11.8 Å². The van der Waals surface area contributed by atoms with Gasteiger partial charge in [0.1, 0.15) is 5.75 Å². The molecule has 0 saturated heterocycles. The molecule has 0 unspecified atom stereocenters. The monoisotopic (exact) mass is 368 g/mol. The van der Waals surface area contributed by atoms with Crippen LogP contribution in [0.25, 0.3) is 11.4 Å².